The van der Waals surface area contributed by atoms with Gasteiger partial charge in [0.2, 0.25) is 5.88 Å². The van der Waals surface area contributed by atoms with Gasteiger partial charge in [-0.05, 0) is 31.9 Å². The quantitative estimate of drug-likeness (QED) is 0.708. The van der Waals surface area contributed by atoms with Crippen LogP contribution in [0.25, 0.3) is 0 Å². The molecule has 2 rings (SSSR count). The molecule has 1 aromatic rings. The molecule has 0 aliphatic carbocycles. The summed E-state index contributed by atoms with van der Waals surface area (Å²) in [5.41, 5.74) is 0.166. The highest BCUT2D eigenvalue weighted by atomic mass is 16.5. The molecule has 0 unspecified atom stereocenters. The van der Waals surface area contributed by atoms with Crippen molar-refractivity contribution in [1.29, 1.82) is 0 Å². The van der Waals surface area contributed by atoms with E-state index in [4.69, 9.17) is 14.2 Å². The zero-order chi connectivity index (χ0) is 18.2. The molecule has 2 heterocycles. The van der Waals surface area contributed by atoms with Crippen LogP contribution in [0.4, 0.5) is 0 Å². The number of ether oxygens (including phenoxy) is 3. The van der Waals surface area contributed by atoms with Gasteiger partial charge in [0.1, 0.15) is 5.56 Å². The largest absolute Gasteiger partial charge is 0.480 e. The summed E-state index contributed by atoms with van der Waals surface area (Å²) in [6.07, 6.45) is 2.60. The summed E-state index contributed by atoms with van der Waals surface area (Å²) in [6.45, 7) is 2.64. The van der Waals surface area contributed by atoms with Crippen LogP contribution >= 0.6 is 0 Å². The highest BCUT2D eigenvalue weighted by Gasteiger charge is 2.28. The number of methoxy groups -OCH3 is 1. The Morgan fingerprint density at radius 1 is 1.24 bits per heavy atom. The van der Waals surface area contributed by atoms with E-state index >= 15 is 0 Å². The standard InChI is InChI=1S/C17H22N2O6/c1-3-24-16(21)12-6-9-19(10-7-12)14(20)11-25-17(22)13-5-4-8-18-15(13)23-2/h4-5,8,12H,3,6-7,9-11H2,1-2H3. The fourth-order valence-electron chi connectivity index (χ4n) is 2.63. The molecule has 1 aliphatic rings. The third-order valence-electron chi connectivity index (χ3n) is 3.98. The lowest BCUT2D eigenvalue weighted by atomic mass is 9.97. The van der Waals surface area contributed by atoms with Crippen molar-refractivity contribution >= 4 is 17.8 Å². The molecule has 25 heavy (non-hydrogen) atoms. The van der Waals surface area contributed by atoms with E-state index in [1.807, 2.05) is 0 Å². The van der Waals surface area contributed by atoms with E-state index in [1.165, 1.54) is 19.4 Å². The second kappa shape index (κ2) is 9.00. The molecule has 1 saturated heterocycles. The predicted molar refractivity (Wildman–Crippen MR) is 87.0 cm³/mol. The van der Waals surface area contributed by atoms with Crippen LogP contribution in [0.2, 0.25) is 0 Å². The van der Waals surface area contributed by atoms with E-state index in [2.05, 4.69) is 4.98 Å². The number of esters is 2. The molecule has 0 N–H and O–H groups in total. The normalized spacial score (nSPS) is 14.7. The number of hydrogen-bond acceptors (Lipinski definition) is 7. The van der Waals surface area contributed by atoms with Gasteiger partial charge in [0, 0.05) is 19.3 Å². The maximum atomic E-state index is 12.2. The first-order valence-corrected chi connectivity index (χ1v) is 8.17. The highest BCUT2D eigenvalue weighted by Crippen LogP contribution is 2.19. The predicted octanol–water partition coefficient (Wildman–Crippen LogP) is 1.05. The molecule has 1 amide bonds. The second-order valence-electron chi connectivity index (χ2n) is 5.54. The summed E-state index contributed by atoms with van der Waals surface area (Å²) < 4.78 is 15.0. The lowest BCUT2D eigenvalue weighted by Crippen LogP contribution is -2.42. The van der Waals surface area contributed by atoms with E-state index in [-0.39, 0.29) is 35.8 Å². The van der Waals surface area contributed by atoms with Crippen molar-refractivity contribution < 1.29 is 28.6 Å². The van der Waals surface area contributed by atoms with Crippen LogP contribution in [0.3, 0.4) is 0 Å². The number of rotatable bonds is 6. The number of nitrogens with zero attached hydrogens (tertiary/aromatic N) is 2. The minimum absolute atomic E-state index is 0.148. The Labute approximate surface area is 146 Å². The summed E-state index contributed by atoms with van der Waals surface area (Å²) in [5.74, 6) is -1.20. The molecular formula is C17H22N2O6. The van der Waals surface area contributed by atoms with E-state index in [0.29, 0.717) is 32.5 Å². The summed E-state index contributed by atoms with van der Waals surface area (Å²) >= 11 is 0. The van der Waals surface area contributed by atoms with Gasteiger partial charge >= 0.3 is 11.9 Å². The first-order chi connectivity index (χ1) is 12.1. The van der Waals surface area contributed by atoms with Gasteiger partial charge < -0.3 is 19.1 Å². The number of carbonyl (C=O) groups is 3. The van der Waals surface area contributed by atoms with E-state index in [0.717, 1.165) is 0 Å². The molecule has 0 saturated carbocycles. The average molecular weight is 350 g/mol. The second-order valence-corrected chi connectivity index (χ2v) is 5.54. The Balaban J connectivity index is 1.81. The minimum Gasteiger partial charge on any atom is -0.480 e. The van der Waals surface area contributed by atoms with Crippen molar-refractivity contribution in [1.82, 2.24) is 9.88 Å². The highest BCUT2D eigenvalue weighted by molar-refractivity contribution is 5.93. The van der Waals surface area contributed by atoms with Crippen LogP contribution in [-0.2, 0) is 19.1 Å². The van der Waals surface area contributed by atoms with Gasteiger partial charge in [0.25, 0.3) is 5.91 Å². The summed E-state index contributed by atoms with van der Waals surface area (Å²) in [6, 6.07) is 3.10. The zero-order valence-electron chi connectivity index (χ0n) is 14.4. The van der Waals surface area contributed by atoms with Gasteiger partial charge in [-0.3, -0.25) is 9.59 Å². The van der Waals surface area contributed by atoms with Gasteiger partial charge in [-0.15, -0.1) is 0 Å². The Bertz CT molecular complexity index is 625. The number of hydrogen-bond donors (Lipinski definition) is 0. The summed E-state index contributed by atoms with van der Waals surface area (Å²) in [5, 5.41) is 0. The molecule has 8 nitrogen and oxygen atoms in total. The Morgan fingerprint density at radius 2 is 1.96 bits per heavy atom. The summed E-state index contributed by atoms with van der Waals surface area (Å²) in [4.78, 5) is 41.4. The number of amides is 1. The molecule has 1 aliphatic heterocycles. The number of aromatic nitrogens is 1. The van der Waals surface area contributed by atoms with Crippen molar-refractivity contribution in [2.75, 3.05) is 33.4 Å². The van der Waals surface area contributed by atoms with Gasteiger partial charge in [-0.2, -0.15) is 0 Å². The van der Waals surface area contributed by atoms with Gasteiger partial charge in [-0.1, -0.05) is 0 Å². The molecule has 0 aromatic carbocycles. The number of piperidine rings is 1. The van der Waals surface area contributed by atoms with Crippen LogP contribution in [0, 0.1) is 5.92 Å². The molecule has 0 spiro atoms. The molecule has 8 heteroatoms. The fourth-order valence-corrected chi connectivity index (χ4v) is 2.63. The molecule has 136 valence electrons. The Kier molecular flexibility index (Phi) is 6.73. The first kappa shape index (κ1) is 18.7. The molecule has 1 aromatic heterocycles. The van der Waals surface area contributed by atoms with Crippen molar-refractivity contribution in [2.45, 2.75) is 19.8 Å². The van der Waals surface area contributed by atoms with Gasteiger partial charge in [0.15, 0.2) is 6.61 Å². The molecule has 0 atom stereocenters. The SMILES string of the molecule is CCOC(=O)C1CCN(C(=O)COC(=O)c2cccnc2OC)CC1. The number of pyridine rings is 1. The summed E-state index contributed by atoms with van der Waals surface area (Å²) in [7, 11) is 1.40. The topological polar surface area (TPSA) is 95.0 Å². The molecule has 1 fully saturated rings. The van der Waals surface area contributed by atoms with E-state index in [9.17, 15) is 14.4 Å². The van der Waals surface area contributed by atoms with Crippen LogP contribution in [-0.4, -0.2) is 61.1 Å². The van der Waals surface area contributed by atoms with Crippen molar-refractivity contribution in [3.8, 4) is 5.88 Å². The molecular weight excluding hydrogens is 328 g/mol. The third kappa shape index (κ3) is 4.91. The minimum atomic E-state index is -0.667. The smallest absolute Gasteiger partial charge is 0.344 e. The van der Waals surface area contributed by atoms with E-state index < -0.39 is 5.97 Å². The van der Waals surface area contributed by atoms with Gasteiger partial charge in [0.05, 0.1) is 19.6 Å². The fraction of sp³-hybridized carbons (Fsp3) is 0.529. The van der Waals surface area contributed by atoms with Crippen LogP contribution in [0.15, 0.2) is 18.3 Å². The Hall–Kier alpha value is -2.64. The van der Waals surface area contributed by atoms with Crippen molar-refractivity contribution in [3.63, 3.8) is 0 Å². The van der Waals surface area contributed by atoms with Crippen LogP contribution < -0.4 is 4.74 Å². The Morgan fingerprint density at radius 3 is 2.60 bits per heavy atom. The molecule has 0 radical (unpaired) electrons. The van der Waals surface area contributed by atoms with E-state index in [1.54, 1.807) is 17.9 Å². The van der Waals surface area contributed by atoms with Crippen molar-refractivity contribution in [2.24, 2.45) is 5.92 Å². The molecule has 0 bridgehead atoms. The van der Waals surface area contributed by atoms with Crippen LogP contribution in [0.5, 0.6) is 5.88 Å². The maximum Gasteiger partial charge on any atom is 0.344 e. The number of likely N-dealkylation sites (tertiary alicyclic amines) is 1. The van der Waals surface area contributed by atoms with Gasteiger partial charge in [-0.25, -0.2) is 9.78 Å². The lowest BCUT2D eigenvalue weighted by molar-refractivity contribution is -0.151. The zero-order valence-corrected chi connectivity index (χ0v) is 14.4. The average Bonchev–Trinajstić information content (AvgIpc) is 2.66. The first-order valence-electron chi connectivity index (χ1n) is 8.17. The van der Waals surface area contributed by atoms with Crippen LogP contribution in [0.1, 0.15) is 30.1 Å². The number of carbonyl (C=O) groups excluding carboxylic acids is 3. The van der Waals surface area contributed by atoms with Crippen molar-refractivity contribution in [3.05, 3.63) is 23.9 Å². The maximum absolute atomic E-state index is 12.2. The lowest BCUT2D eigenvalue weighted by Gasteiger charge is -2.30. The third-order valence-corrected chi connectivity index (χ3v) is 3.98. The monoisotopic (exact) mass is 350 g/mol.